The van der Waals surface area contributed by atoms with Crippen molar-refractivity contribution in [2.75, 3.05) is 42.8 Å². The van der Waals surface area contributed by atoms with Crippen LogP contribution in [0.2, 0.25) is 0 Å². The summed E-state index contributed by atoms with van der Waals surface area (Å²) in [7, 11) is -3.06. The van der Waals surface area contributed by atoms with Gasteiger partial charge in [-0.3, -0.25) is 19.4 Å². The van der Waals surface area contributed by atoms with Crippen LogP contribution in [0.15, 0.2) is 12.1 Å². The van der Waals surface area contributed by atoms with Crippen LogP contribution in [0, 0.1) is 5.92 Å². The number of hydrogen-bond donors (Lipinski definition) is 0. The maximum atomic E-state index is 12.7. The average Bonchev–Trinajstić information content (AvgIpc) is 3.11. The van der Waals surface area contributed by atoms with Gasteiger partial charge in [0.05, 0.1) is 29.4 Å². The van der Waals surface area contributed by atoms with Crippen molar-refractivity contribution in [3.8, 4) is 11.5 Å². The molecule has 0 bridgehead atoms. The Balaban J connectivity index is 1.64. The van der Waals surface area contributed by atoms with Gasteiger partial charge < -0.3 is 9.47 Å². The summed E-state index contributed by atoms with van der Waals surface area (Å²) in [4.78, 5) is 28.6. The summed E-state index contributed by atoms with van der Waals surface area (Å²) >= 11 is 0. The van der Waals surface area contributed by atoms with Crippen molar-refractivity contribution >= 4 is 27.2 Å². The molecule has 3 aliphatic heterocycles. The van der Waals surface area contributed by atoms with E-state index < -0.39 is 21.5 Å². The summed E-state index contributed by atoms with van der Waals surface area (Å²) in [5, 5.41) is 0. The van der Waals surface area contributed by atoms with Gasteiger partial charge in [-0.25, -0.2) is 8.42 Å². The maximum Gasteiger partial charge on any atom is 0.300 e. The molecule has 0 radical (unpaired) electrons. The molecule has 0 spiro atoms. The molecule has 9 heteroatoms. The number of benzene rings is 1. The minimum absolute atomic E-state index is 0.0870. The largest absolute Gasteiger partial charge is 0.486 e. The number of ketones is 1. The van der Waals surface area contributed by atoms with Crippen molar-refractivity contribution in [3.05, 3.63) is 17.7 Å². The highest BCUT2D eigenvalue weighted by Gasteiger charge is 2.41. The Morgan fingerprint density at radius 3 is 2.46 bits per heavy atom. The lowest BCUT2D eigenvalue weighted by atomic mass is 10.1. The number of nitrogens with zero attached hydrogens (tertiary/aromatic N) is 2. The number of carbonyl (C=O) groups is 2. The Bertz CT molecular complexity index is 927. The molecule has 0 N–H and O–H groups in total. The van der Waals surface area contributed by atoms with Crippen LogP contribution < -0.4 is 14.4 Å². The highest BCUT2D eigenvalue weighted by atomic mass is 32.2. The third-order valence-electron chi connectivity index (χ3n) is 5.28. The first kappa shape index (κ1) is 19.2. The third-order valence-corrected chi connectivity index (χ3v) is 7.03. The van der Waals surface area contributed by atoms with Crippen molar-refractivity contribution in [2.24, 2.45) is 5.92 Å². The molecule has 1 saturated heterocycles. The molecule has 3 heterocycles. The second kappa shape index (κ2) is 7.04. The number of ether oxygens (including phenoxy) is 2. The molecule has 1 atom stereocenters. The van der Waals surface area contributed by atoms with Crippen LogP contribution in [0.1, 0.15) is 30.6 Å². The fourth-order valence-electron chi connectivity index (χ4n) is 4.01. The molecule has 152 valence electrons. The molecule has 1 unspecified atom stereocenters. The number of rotatable bonds is 5. The molecular weight excluding hydrogens is 384 g/mol. The van der Waals surface area contributed by atoms with E-state index in [0.717, 1.165) is 0 Å². The Morgan fingerprint density at radius 1 is 1.18 bits per heavy atom. The van der Waals surface area contributed by atoms with Crippen LogP contribution in [0.3, 0.4) is 0 Å². The third kappa shape index (κ3) is 3.48. The average molecular weight is 408 g/mol. The van der Waals surface area contributed by atoms with E-state index in [4.69, 9.17) is 9.47 Å². The maximum absolute atomic E-state index is 12.7. The first-order chi connectivity index (χ1) is 13.2. The molecule has 0 saturated carbocycles. The van der Waals surface area contributed by atoms with Crippen LogP contribution in [0.5, 0.6) is 11.5 Å². The predicted octanol–water partition coefficient (Wildman–Crippen LogP) is 1.09. The van der Waals surface area contributed by atoms with Gasteiger partial charge in [0.2, 0.25) is 0 Å². The van der Waals surface area contributed by atoms with Gasteiger partial charge in [0, 0.05) is 18.7 Å². The van der Waals surface area contributed by atoms with Crippen LogP contribution >= 0.6 is 0 Å². The Morgan fingerprint density at radius 2 is 1.86 bits per heavy atom. The molecule has 1 fully saturated rings. The van der Waals surface area contributed by atoms with Crippen molar-refractivity contribution in [1.82, 2.24) is 4.90 Å². The second-order valence-electron chi connectivity index (χ2n) is 7.94. The summed E-state index contributed by atoms with van der Waals surface area (Å²) in [6, 6.07) is 3.08. The SMILES string of the molecule is CC(C)CN(CN1C(=O)C(=O)c2cc3c(cc21)OCCO3)C1CCS(=O)(=O)C1. The zero-order valence-electron chi connectivity index (χ0n) is 16.0. The number of carbonyl (C=O) groups excluding carboxylic acids is 2. The zero-order chi connectivity index (χ0) is 20.1. The summed E-state index contributed by atoms with van der Waals surface area (Å²) in [6.07, 6.45) is 0.541. The van der Waals surface area contributed by atoms with E-state index in [2.05, 4.69) is 0 Å². The number of fused-ring (bicyclic) bond motifs is 2. The van der Waals surface area contributed by atoms with E-state index in [1.54, 1.807) is 12.1 Å². The van der Waals surface area contributed by atoms with E-state index in [1.807, 2.05) is 18.7 Å². The minimum atomic E-state index is -3.06. The van der Waals surface area contributed by atoms with E-state index in [0.29, 0.717) is 48.9 Å². The summed E-state index contributed by atoms with van der Waals surface area (Å²) < 4.78 is 35.0. The lowest BCUT2D eigenvalue weighted by molar-refractivity contribution is -0.114. The zero-order valence-corrected chi connectivity index (χ0v) is 16.8. The van der Waals surface area contributed by atoms with E-state index >= 15 is 0 Å². The first-order valence-electron chi connectivity index (χ1n) is 9.49. The van der Waals surface area contributed by atoms with Crippen molar-refractivity contribution in [3.63, 3.8) is 0 Å². The Kier molecular flexibility index (Phi) is 4.83. The van der Waals surface area contributed by atoms with Crippen molar-refractivity contribution in [1.29, 1.82) is 0 Å². The normalized spacial score (nSPS) is 23.0. The van der Waals surface area contributed by atoms with Crippen LogP contribution in [0.4, 0.5) is 5.69 Å². The van der Waals surface area contributed by atoms with Crippen LogP contribution in [0.25, 0.3) is 0 Å². The van der Waals surface area contributed by atoms with E-state index in [9.17, 15) is 18.0 Å². The number of sulfone groups is 1. The highest BCUT2D eigenvalue weighted by molar-refractivity contribution is 7.91. The monoisotopic (exact) mass is 408 g/mol. The molecule has 28 heavy (non-hydrogen) atoms. The van der Waals surface area contributed by atoms with Crippen LogP contribution in [-0.4, -0.2) is 69.0 Å². The molecule has 0 aliphatic carbocycles. The first-order valence-corrected chi connectivity index (χ1v) is 11.3. The van der Waals surface area contributed by atoms with Gasteiger partial charge in [0.1, 0.15) is 13.2 Å². The lowest BCUT2D eigenvalue weighted by Gasteiger charge is -2.33. The molecule has 0 aromatic heterocycles. The number of hydrogen-bond acceptors (Lipinski definition) is 7. The fraction of sp³-hybridized carbons (Fsp3) is 0.579. The quantitative estimate of drug-likeness (QED) is 0.673. The standard InChI is InChI=1S/C19H24N2O6S/c1-12(2)9-20(13-3-6-28(24,25)10-13)11-21-15-8-17-16(26-4-5-27-17)7-14(15)18(22)19(21)23/h7-8,12-13H,3-6,9-11H2,1-2H3. The van der Waals surface area contributed by atoms with Gasteiger partial charge in [-0.05, 0) is 18.4 Å². The predicted molar refractivity (Wildman–Crippen MR) is 103 cm³/mol. The van der Waals surface area contributed by atoms with Gasteiger partial charge in [-0.15, -0.1) is 0 Å². The molecule has 4 rings (SSSR count). The molecule has 8 nitrogen and oxygen atoms in total. The van der Waals surface area contributed by atoms with Gasteiger partial charge in [-0.1, -0.05) is 13.8 Å². The molecule has 1 amide bonds. The summed E-state index contributed by atoms with van der Waals surface area (Å²) in [5.74, 6) is 0.335. The van der Waals surface area contributed by atoms with Gasteiger partial charge in [-0.2, -0.15) is 0 Å². The summed E-state index contributed by atoms with van der Waals surface area (Å²) in [5.41, 5.74) is 0.798. The Hall–Kier alpha value is -2.13. The summed E-state index contributed by atoms with van der Waals surface area (Å²) in [6.45, 7) is 5.71. The minimum Gasteiger partial charge on any atom is -0.486 e. The molecule has 1 aromatic carbocycles. The van der Waals surface area contributed by atoms with Gasteiger partial charge in [0.25, 0.3) is 5.78 Å². The number of anilines is 1. The van der Waals surface area contributed by atoms with Crippen molar-refractivity contribution in [2.45, 2.75) is 26.3 Å². The highest BCUT2D eigenvalue weighted by Crippen LogP contribution is 2.40. The van der Waals surface area contributed by atoms with Gasteiger partial charge >= 0.3 is 5.91 Å². The number of amides is 1. The van der Waals surface area contributed by atoms with E-state index in [-0.39, 0.29) is 30.1 Å². The molecule has 1 aromatic rings. The smallest absolute Gasteiger partial charge is 0.300 e. The second-order valence-corrected chi connectivity index (χ2v) is 10.2. The molecular formula is C19H24N2O6S. The van der Waals surface area contributed by atoms with Gasteiger partial charge in [0.15, 0.2) is 21.3 Å². The molecule has 3 aliphatic rings. The number of Topliss-reactive ketones (excluding diaryl/α,β-unsaturated/α-hetero) is 1. The Labute approximate surface area is 164 Å². The lowest BCUT2D eigenvalue weighted by Crippen LogP contribution is -2.47. The fourth-order valence-corrected chi connectivity index (χ4v) is 5.77. The topological polar surface area (TPSA) is 93.2 Å². The van der Waals surface area contributed by atoms with Crippen molar-refractivity contribution < 1.29 is 27.5 Å². The van der Waals surface area contributed by atoms with Crippen LogP contribution in [-0.2, 0) is 14.6 Å². The van der Waals surface area contributed by atoms with E-state index in [1.165, 1.54) is 4.90 Å².